The van der Waals surface area contributed by atoms with E-state index in [-0.39, 0.29) is 17.8 Å². The van der Waals surface area contributed by atoms with Crippen molar-refractivity contribution in [3.63, 3.8) is 0 Å². The first kappa shape index (κ1) is 21.1. The smallest absolute Gasteiger partial charge is 0.297 e. The van der Waals surface area contributed by atoms with Gasteiger partial charge in [0.05, 0.1) is 12.1 Å². The van der Waals surface area contributed by atoms with Crippen molar-refractivity contribution in [3.8, 4) is 0 Å². The Morgan fingerprint density at radius 3 is 2.47 bits per heavy atom. The predicted molar refractivity (Wildman–Crippen MR) is 123 cm³/mol. The van der Waals surface area contributed by atoms with E-state index in [0.29, 0.717) is 24.5 Å². The minimum absolute atomic E-state index is 0.182. The molecule has 156 valence electrons. The second-order valence-electron chi connectivity index (χ2n) is 7.56. The Morgan fingerprint density at radius 2 is 1.77 bits per heavy atom. The lowest BCUT2D eigenvalue weighted by Crippen LogP contribution is -2.47. The molecule has 3 aromatic rings. The van der Waals surface area contributed by atoms with Gasteiger partial charge in [-0.25, -0.2) is 4.79 Å². The van der Waals surface area contributed by atoms with E-state index >= 15 is 0 Å². The zero-order valence-electron chi connectivity index (χ0n) is 16.8. The number of aromatic nitrogens is 2. The average Bonchev–Trinajstić information content (AvgIpc) is 2.73. The molecule has 1 aliphatic rings. The van der Waals surface area contributed by atoms with Crippen molar-refractivity contribution in [1.29, 1.82) is 0 Å². The van der Waals surface area contributed by atoms with E-state index in [1.807, 2.05) is 55.5 Å². The van der Waals surface area contributed by atoms with Crippen molar-refractivity contribution in [2.75, 3.05) is 6.54 Å². The molecule has 0 spiro atoms. The third-order valence-corrected chi connectivity index (χ3v) is 6.31. The molecule has 1 aliphatic heterocycles. The largest absolute Gasteiger partial charge is 0.331 e. The maximum atomic E-state index is 13.3. The summed E-state index contributed by atoms with van der Waals surface area (Å²) < 4.78 is 4.09. The molecule has 0 saturated heterocycles. The molecule has 0 unspecified atom stereocenters. The van der Waals surface area contributed by atoms with Crippen molar-refractivity contribution < 1.29 is 0 Å². The molecular formula is C23H23BrClN3O2. The molecule has 0 amide bonds. The number of fused-ring (bicyclic) bond motifs is 1. The Kier molecular flexibility index (Phi) is 6.27. The maximum absolute atomic E-state index is 13.3. The van der Waals surface area contributed by atoms with E-state index in [1.165, 1.54) is 4.57 Å². The highest BCUT2D eigenvalue weighted by Gasteiger charge is 2.25. The van der Waals surface area contributed by atoms with Gasteiger partial charge in [-0.3, -0.25) is 18.8 Å². The van der Waals surface area contributed by atoms with Crippen molar-refractivity contribution in [2.45, 2.75) is 39.5 Å². The Balaban J connectivity index is 1.69. The summed E-state index contributed by atoms with van der Waals surface area (Å²) in [6.45, 7) is 4.82. The molecule has 0 atom stereocenters. The molecular weight excluding hydrogens is 466 g/mol. The Morgan fingerprint density at radius 1 is 1.00 bits per heavy atom. The summed E-state index contributed by atoms with van der Waals surface area (Å²) in [6, 6.07) is 15.5. The molecule has 0 bridgehead atoms. The summed E-state index contributed by atoms with van der Waals surface area (Å²) in [5.41, 5.74) is 3.23. The Bertz CT molecular complexity index is 1180. The normalized spacial score (nSPS) is 14.0. The highest BCUT2D eigenvalue weighted by molar-refractivity contribution is 9.10. The minimum atomic E-state index is -0.229. The Hall–Kier alpha value is -2.15. The van der Waals surface area contributed by atoms with Crippen LogP contribution < -0.4 is 11.2 Å². The molecule has 2 heterocycles. The molecule has 7 heteroatoms. The van der Waals surface area contributed by atoms with Crippen LogP contribution in [-0.4, -0.2) is 20.6 Å². The van der Waals surface area contributed by atoms with Crippen LogP contribution in [0.5, 0.6) is 0 Å². The van der Waals surface area contributed by atoms with Gasteiger partial charge in [-0.1, -0.05) is 51.8 Å². The van der Waals surface area contributed by atoms with Gasteiger partial charge in [0.2, 0.25) is 0 Å². The van der Waals surface area contributed by atoms with Gasteiger partial charge >= 0.3 is 5.69 Å². The SMILES string of the molecule is CCn1c2c(c(=O)n(Cc3ccc(Br)cc3)c1=O)CN(Cc1cccc(Cl)c1)CC2. The first-order valence-electron chi connectivity index (χ1n) is 10.0. The molecule has 0 N–H and O–H groups in total. The second-order valence-corrected chi connectivity index (χ2v) is 8.91. The molecule has 0 fully saturated rings. The summed E-state index contributed by atoms with van der Waals surface area (Å²) in [5.74, 6) is 0. The second kappa shape index (κ2) is 8.92. The zero-order valence-corrected chi connectivity index (χ0v) is 19.1. The molecule has 30 heavy (non-hydrogen) atoms. The van der Waals surface area contributed by atoms with Crippen LogP contribution in [0.4, 0.5) is 0 Å². The van der Waals surface area contributed by atoms with Crippen LogP contribution in [0.25, 0.3) is 0 Å². The van der Waals surface area contributed by atoms with Crippen LogP contribution >= 0.6 is 27.5 Å². The van der Waals surface area contributed by atoms with E-state index in [2.05, 4.69) is 20.8 Å². The fourth-order valence-electron chi connectivity index (χ4n) is 4.08. The number of rotatable bonds is 5. The van der Waals surface area contributed by atoms with Gasteiger partial charge < -0.3 is 0 Å². The number of benzene rings is 2. The summed E-state index contributed by atoms with van der Waals surface area (Å²) in [7, 11) is 0. The van der Waals surface area contributed by atoms with Gasteiger partial charge in [0.1, 0.15) is 0 Å². The fraction of sp³-hybridized carbons (Fsp3) is 0.304. The number of nitrogens with zero attached hydrogens (tertiary/aromatic N) is 3. The van der Waals surface area contributed by atoms with Crippen LogP contribution in [0.2, 0.25) is 5.02 Å². The average molecular weight is 489 g/mol. The molecule has 0 radical (unpaired) electrons. The summed E-state index contributed by atoms with van der Waals surface area (Å²) in [5, 5.41) is 0.710. The summed E-state index contributed by atoms with van der Waals surface area (Å²) in [6.07, 6.45) is 0.688. The lowest BCUT2D eigenvalue weighted by molar-refractivity contribution is 0.236. The van der Waals surface area contributed by atoms with E-state index in [1.54, 1.807) is 4.57 Å². The molecule has 2 aromatic carbocycles. The van der Waals surface area contributed by atoms with Crippen LogP contribution in [0.15, 0.2) is 62.6 Å². The van der Waals surface area contributed by atoms with Gasteiger partial charge in [-0.15, -0.1) is 0 Å². The summed E-state index contributed by atoms with van der Waals surface area (Å²) >= 11 is 9.54. The topological polar surface area (TPSA) is 47.2 Å². The van der Waals surface area contributed by atoms with Gasteiger partial charge in [-0.2, -0.15) is 0 Å². The third-order valence-electron chi connectivity index (χ3n) is 5.55. The zero-order chi connectivity index (χ0) is 21.3. The van der Waals surface area contributed by atoms with Crippen molar-refractivity contribution in [1.82, 2.24) is 14.0 Å². The highest BCUT2D eigenvalue weighted by atomic mass is 79.9. The van der Waals surface area contributed by atoms with Gasteiger partial charge in [0.25, 0.3) is 5.56 Å². The van der Waals surface area contributed by atoms with Crippen LogP contribution in [0.3, 0.4) is 0 Å². The lowest BCUT2D eigenvalue weighted by Gasteiger charge is -2.30. The molecule has 0 aliphatic carbocycles. The van der Waals surface area contributed by atoms with Gasteiger partial charge in [0.15, 0.2) is 0 Å². The predicted octanol–water partition coefficient (Wildman–Crippen LogP) is 4.05. The van der Waals surface area contributed by atoms with Gasteiger partial charge in [0, 0.05) is 47.8 Å². The monoisotopic (exact) mass is 487 g/mol. The summed E-state index contributed by atoms with van der Waals surface area (Å²) in [4.78, 5) is 28.6. The molecule has 1 aromatic heterocycles. The van der Waals surface area contributed by atoms with E-state index < -0.39 is 0 Å². The van der Waals surface area contributed by atoms with Crippen molar-refractivity contribution in [3.05, 3.63) is 101 Å². The van der Waals surface area contributed by atoms with Crippen molar-refractivity contribution in [2.24, 2.45) is 0 Å². The van der Waals surface area contributed by atoms with Crippen LogP contribution in [-0.2, 0) is 32.6 Å². The maximum Gasteiger partial charge on any atom is 0.331 e. The van der Waals surface area contributed by atoms with E-state index in [4.69, 9.17) is 11.6 Å². The standard InChI is InChI=1S/C23H23BrClN3O2/c1-2-27-21-10-11-26(13-17-4-3-5-19(25)12-17)15-20(21)22(29)28(23(27)30)14-16-6-8-18(24)9-7-16/h3-9,12H,2,10-11,13-15H2,1H3. The first-order valence-corrected chi connectivity index (χ1v) is 11.2. The fourth-order valence-corrected chi connectivity index (χ4v) is 4.55. The molecule has 4 rings (SSSR count). The van der Waals surface area contributed by atoms with Crippen LogP contribution in [0.1, 0.15) is 29.3 Å². The van der Waals surface area contributed by atoms with E-state index in [0.717, 1.165) is 39.9 Å². The van der Waals surface area contributed by atoms with Crippen molar-refractivity contribution >= 4 is 27.5 Å². The third kappa shape index (κ3) is 4.31. The van der Waals surface area contributed by atoms with Crippen LogP contribution in [0, 0.1) is 0 Å². The highest BCUT2D eigenvalue weighted by Crippen LogP contribution is 2.19. The minimum Gasteiger partial charge on any atom is -0.297 e. The Labute approximate surface area is 188 Å². The number of hydrogen-bond donors (Lipinski definition) is 0. The van der Waals surface area contributed by atoms with E-state index in [9.17, 15) is 9.59 Å². The quantitative estimate of drug-likeness (QED) is 0.544. The first-order chi connectivity index (χ1) is 14.5. The number of hydrogen-bond acceptors (Lipinski definition) is 3. The van der Waals surface area contributed by atoms with Gasteiger partial charge in [-0.05, 0) is 42.3 Å². The molecule has 5 nitrogen and oxygen atoms in total. The lowest BCUT2D eigenvalue weighted by atomic mass is 10.0. The number of halogens is 2. The molecule has 0 saturated carbocycles.